The van der Waals surface area contributed by atoms with Gasteiger partial charge in [-0.1, -0.05) is 12.1 Å². The number of hydrogen-bond acceptors (Lipinski definition) is 6. The van der Waals surface area contributed by atoms with E-state index in [0.717, 1.165) is 38.6 Å². The summed E-state index contributed by atoms with van der Waals surface area (Å²) in [6.45, 7) is 6.83. The Labute approximate surface area is 177 Å². The smallest absolute Gasteiger partial charge is 0.191 e. The molecule has 8 nitrogen and oxygen atoms in total. The lowest BCUT2D eigenvalue weighted by Gasteiger charge is -2.34. The highest BCUT2D eigenvalue weighted by atomic mass is 16.5. The number of furan rings is 1. The summed E-state index contributed by atoms with van der Waals surface area (Å²) in [5.74, 6) is 2.03. The van der Waals surface area contributed by atoms with Crippen LogP contribution < -0.4 is 15.4 Å². The van der Waals surface area contributed by atoms with Crippen molar-refractivity contribution in [2.24, 2.45) is 4.99 Å². The van der Waals surface area contributed by atoms with Gasteiger partial charge in [0.2, 0.25) is 0 Å². The Balaban J connectivity index is 1.70. The molecule has 0 radical (unpaired) electrons. The first-order valence-corrected chi connectivity index (χ1v) is 10.4. The number of methoxy groups -OCH3 is 1. The van der Waals surface area contributed by atoms with E-state index in [-0.39, 0.29) is 6.04 Å². The third-order valence-corrected chi connectivity index (χ3v) is 5.09. The fourth-order valence-electron chi connectivity index (χ4n) is 3.44. The van der Waals surface area contributed by atoms with Crippen molar-refractivity contribution < 1.29 is 19.0 Å². The molecule has 0 amide bonds. The molecule has 2 atom stereocenters. The first-order valence-electron chi connectivity index (χ1n) is 10.4. The predicted molar refractivity (Wildman–Crippen MR) is 116 cm³/mol. The molecule has 3 N–H and O–H groups in total. The second-order valence-electron chi connectivity index (χ2n) is 7.07. The molecule has 1 aromatic carbocycles. The van der Waals surface area contributed by atoms with Crippen molar-refractivity contribution in [1.82, 2.24) is 15.5 Å². The predicted octanol–water partition coefficient (Wildman–Crippen LogP) is 1.95. The molecule has 2 unspecified atom stereocenters. The number of rotatable bonds is 9. The second kappa shape index (κ2) is 11.6. The van der Waals surface area contributed by atoms with E-state index in [1.807, 2.05) is 19.1 Å². The number of hydrogen-bond donors (Lipinski definition) is 3. The lowest BCUT2D eigenvalue weighted by Crippen LogP contribution is -2.42. The summed E-state index contributed by atoms with van der Waals surface area (Å²) in [4.78, 5) is 7.20. The van der Waals surface area contributed by atoms with Gasteiger partial charge < -0.3 is 29.6 Å². The molecule has 0 bridgehead atoms. The standard InChI is InChI=1S/C22H32N4O4/c1-3-23-22(25-16-20(27)21-5-4-12-30-21)24-15-19(26-10-13-29-14-11-26)17-6-8-18(28-2)9-7-17/h4-9,12,19-20,27H,3,10-11,13-16H2,1-2H3,(H2,23,24,25). The molecule has 1 aliphatic rings. The van der Waals surface area contributed by atoms with E-state index in [0.29, 0.717) is 24.8 Å². The van der Waals surface area contributed by atoms with Crippen LogP contribution in [-0.4, -0.2) is 69.0 Å². The van der Waals surface area contributed by atoms with Gasteiger partial charge in [-0.2, -0.15) is 0 Å². The van der Waals surface area contributed by atoms with E-state index in [2.05, 4.69) is 27.7 Å². The topological polar surface area (TPSA) is 91.5 Å². The van der Waals surface area contributed by atoms with Gasteiger partial charge in [0, 0.05) is 19.6 Å². The van der Waals surface area contributed by atoms with E-state index in [1.54, 1.807) is 25.5 Å². The zero-order chi connectivity index (χ0) is 21.2. The van der Waals surface area contributed by atoms with E-state index < -0.39 is 6.10 Å². The Morgan fingerprint density at radius 1 is 1.20 bits per heavy atom. The highest BCUT2D eigenvalue weighted by Crippen LogP contribution is 2.24. The molecule has 1 aliphatic heterocycles. The van der Waals surface area contributed by atoms with Crippen LogP contribution in [0.5, 0.6) is 5.75 Å². The Kier molecular flexibility index (Phi) is 8.55. The third-order valence-electron chi connectivity index (χ3n) is 5.09. The average Bonchev–Trinajstić information content (AvgIpc) is 3.33. The van der Waals surface area contributed by atoms with Crippen molar-refractivity contribution in [3.8, 4) is 5.75 Å². The molecule has 2 aromatic rings. The van der Waals surface area contributed by atoms with Gasteiger partial charge in [-0.3, -0.25) is 9.89 Å². The Hall–Kier alpha value is -2.55. The molecule has 164 valence electrons. The molecule has 3 rings (SSSR count). The van der Waals surface area contributed by atoms with E-state index in [1.165, 1.54) is 5.56 Å². The largest absolute Gasteiger partial charge is 0.497 e. The quantitative estimate of drug-likeness (QED) is 0.425. The molecule has 0 saturated carbocycles. The normalized spacial score (nSPS) is 17.4. The number of aliphatic hydroxyl groups excluding tert-OH is 1. The lowest BCUT2D eigenvalue weighted by atomic mass is 10.0. The van der Waals surface area contributed by atoms with Gasteiger partial charge in [0.25, 0.3) is 0 Å². The summed E-state index contributed by atoms with van der Waals surface area (Å²) < 4.78 is 16.1. The van der Waals surface area contributed by atoms with Gasteiger partial charge in [0.1, 0.15) is 17.6 Å². The fourth-order valence-corrected chi connectivity index (χ4v) is 3.44. The molecule has 1 fully saturated rings. The molecule has 1 aromatic heterocycles. The zero-order valence-corrected chi connectivity index (χ0v) is 17.7. The van der Waals surface area contributed by atoms with Gasteiger partial charge in [-0.05, 0) is 36.8 Å². The fraction of sp³-hybridized carbons (Fsp3) is 0.500. The first kappa shape index (κ1) is 22.1. The molecule has 1 saturated heterocycles. The maximum atomic E-state index is 10.3. The molecule has 2 heterocycles. The van der Waals surface area contributed by atoms with Crippen LogP contribution in [0, 0.1) is 0 Å². The minimum atomic E-state index is -0.736. The number of aliphatic hydroxyl groups is 1. The minimum Gasteiger partial charge on any atom is -0.497 e. The van der Waals surface area contributed by atoms with E-state index >= 15 is 0 Å². The number of guanidine groups is 1. The Morgan fingerprint density at radius 2 is 1.97 bits per heavy atom. The van der Waals surface area contributed by atoms with Crippen molar-refractivity contribution in [3.05, 3.63) is 54.0 Å². The van der Waals surface area contributed by atoms with Crippen molar-refractivity contribution >= 4 is 5.96 Å². The van der Waals surface area contributed by atoms with Crippen LogP contribution in [0.1, 0.15) is 30.4 Å². The molecule has 0 aliphatic carbocycles. The van der Waals surface area contributed by atoms with Crippen LogP contribution in [0.4, 0.5) is 0 Å². The summed E-state index contributed by atoms with van der Waals surface area (Å²) in [5, 5.41) is 16.7. The monoisotopic (exact) mass is 416 g/mol. The number of morpholine rings is 1. The van der Waals surface area contributed by atoms with E-state index in [4.69, 9.17) is 18.9 Å². The van der Waals surface area contributed by atoms with Crippen molar-refractivity contribution in [2.75, 3.05) is 53.0 Å². The molecule has 0 spiro atoms. The van der Waals surface area contributed by atoms with Crippen LogP contribution >= 0.6 is 0 Å². The van der Waals surface area contributed by atoms with Gasteiger partial charge in [0.15, 0.2) is 5.96 Å². The minimum absolute atomic E-state index is 0.130. The number of nitrogens with zero attached hydrogens (tertiary/aromatic N) is 2. The van der Waals surface area contributed by atoms with Gasteiger partial charge >= 0.3 is 0 Å². The Bertz CT molecular complexity index is 758. The van der Waals surface area contributed by atoms with Crippen LogP contribution in [0.15, 0.2) is 52.1 Å². The van der Waals surface area contributed by atoms with Crippen LogP contribution in [-0.2, 0) is 4.74 Å². The Morgan fingerprint density at radius 3 is 2.60 bits per heavy atom. The second-order valence-corrected chi connectivity index (χ2v) is 7.07. The molecular formula is C22H32N4O4. The SMILES string of the molecule is CCNC(=NCC(c1ccc(OC)cc1)N1CCOCC1)NCC(O)c1ccco1. The third kappa shape index (κ3) is 6.22. The van der Waals surface area contributed by atoms with Crippen LogP contribution in [0.2, 0.25) is 0 Å². The highest BCUT2D eigenvalue weighted by Gasteiger charge is 2.23. The average molecular weight is 417 g/mol. The number of aliphatic imine (C=N–C) groups is 1. The molecular weight excluding hydrogens is 384 g/mol. The van der Waals surface area contributed by atoms with Crippen molar-refractivity contribution in [2.45, 2.75) is 19.1 Å². The summed E-state index contributed by atoms with van der Waals surface area (Å²) in [6, 6.07) is 11.8. The van der Waals surface area contributed by atoms with Crippen molar-refractivity contribution in [3.63, 3.8) is 0 Å². The van der Waals surface area contributed by atoms with E-state index in [9.17, 15) is 5.11 Å². The summed E-state index contributed by atoms with van der Waals surface area (Å²) in [7, 11) is 1.67. The first-order chi connectivity index (χ1) is 14.7. The van der Waals surface area contributed by atoms with Gasteiger partial charge in [0.05, 0.1) is 45.7 Å². The maximum absolute atomic E-state index is 10.3. The zero-order valence-electron chi connectivity index (χ0n) is 17.7. The number of benzene rings is 1. The number of nitrogens with one attached hydrogen (secondary N) is 2. The van der Waals surface area contributed by atoms with Crippen molar-refractivity contribution in [1.29, 1.82) is 0 Å². The maximum Gasteiger partial charge on any atom is 0.191 e. The summed E-state index contributed by atoms with van der Waals surface area (Å²) in [6.07, 6.45) is 0.820. The lowest BCUT2D eigenvalue weighted by molar-refractivity contribution is 0.0179. The molecule has 30 heavy (non-hydrogen) atoms. The molecule has 8 heteroatoms. The van der Waals surface area contributed by atoms with Gasteiger partial charge in [-0.15, -0.1) is 0 Å². The van der Waals surface area contributed by atoms with Crippen LogP contribution in [0.25, 0.3) is 0 Å². The van der Waals surface area contributed by atoms with Gasteiger partial charge in [-0.25, -0.2) is 0 Å². The highest BCUT2D eigenvalue weighted by molar-refractivity contribution is 5.79. The number of ether oxygens (including phenoxy) is 2. The summed E-state index contributed by atoms with van der Waals surface area (Å²) in [5.41, 5.74) is 1.19. The van der Waals surface area contributed by atoms with Crippen LogP contribution in [0.3, 0.4) is 0 Å². The summed E-state index contributed by atoms with van der Waals surface area (Å²) >= 11 is 0.